The van der Waals surface area contributed by atoms with Gasteiger partial charge in [-0.05, 0) is 26.0 Å². The van der Waals surface area contributed by atoms with Gasteiger partial charge in [0.05, 0.1) is 11.3 Å². The highest BCUT2D eigenvalue weighted by molar-refractivity contribution is 6.30. The Kier molecular flexibility index (Phi) is 4.09. The van der Waals surface area contributed by atoms with Crippen molar-refractivity contribution in [3.8, 4) is 5.75 Å². The second-order valence-electron chi connectivity index (χ2n) is 4.46. The van der Waals surface area contributed by atoms with E-state index in [1.807, 2.05) is 6.92 Å². The van der Waals surface area contributed by atoms with E-state index in [1.54, 1.807) is 7.05 Å². The highest BCUT2D eigenvalue weighted by Gasteiger charge is 2.14. The second kappa shape index (κ2) is 5.63. The standard InChI is InChI=1S/C14H14ClFN2O2/c1-8-12(14(15)18(3)17-8)7-20-13-6-10(16)4-5-11(13)9(2)19/h4-6H,7H2,1-3H3. The van der Waals surface area contributed by atoms with Gasteiger partial charge in [0, 0.05) is 18.7 Å². The van der Waals surface area contributed by atoms with Gasteiger partial charge in [-0.3, -0.25) is 9.48 Å². The van der Waals surface area contributed by atoms with Gasteiger partial charge in [0.1, 0.15) is 23.3 Å². The SMILES string of the molecule is CC(=O)c1ccc(F)cc1OCc1c(C)nn(C)c1Cl. The first-order chi connectivity index (χ1) is 9.40. The smallest absolute Gasteiger partial charge is 0.163 e. The average Bonchev–Trinajstić information content (AvgIpc) is 2.61. The molecule has 0 radical (unpaired) electrons. The third kappa shape index (κ3) is 2.82. The minimum atomic E-state index is -0.459. The molecule has 0 N–H and O–H groups in total. The first-order valence-electron chi connectivity index (χ1n) is 6.01. The monoisotopic (exact) mass is 296 g/mol. The maximum absolute atomic E-state index is 13.3. The number of ketones is 1. The molecule has 106 valence electrons. The molecule has 2 aromatic rings. The maximum Gasteiger partial charge on any atom is 0.163 e. The van der Waals surface area contributed by atoms with E-state index in [1.165, 1.54) is 29.8 Å². The Morgan fingerprint density at radius 2 is 2.20 bits per heavy atom. The quantitative estimate of drug-likeness (QED) is 0.813. The zero-order chi connectivity index (χ0) is 14.9. The van der Waals surface area contributed by atoms with E-state index in [9.17, 15) is 9.18 Å². The molecule has 4 nitrogen and oxygen atoms in total. The lowest BCUT2D eigenvalue weighted by Crippen LogP contribution is -2.03. The van der Waals surface area contributed by atoms with Gasteiger partial charge in [0.25, 0.3) is 0 Å². The molecule has 0 aliphatic heterocycles. The molecular weight excluding hydrogens is 283 g/mol. The van der Waals surface area contributed by atoms with E-state index in [0.29, 0.717) is 16.3 Å². The molecule has 0 fully saturated rings. The van der Waals surface area contributed by atoms with Gasteiger partial charge in [-0.2, -0.15) is 5.10 Å². The van der Waals surface area contributed by atoms with Gasteiger partial charge >= 0.3 is 0 Å². The minimum Gasteiger partial charge on any atom is -0.488 e. The van der Waals surface area contributed by atoms with Crippen molar-refractivity contribution in [3.63, 3.8) is 0 Å². The summed E-state index contributed by atoms with van der Waals surface area (Å²) in [5.74, 6) is -0.440. The fourth-order valence-electron chi connectivity index (χ4n) is 1.89. The largest absolute Gasteiger partial charge is 0.488 e. The van der Waals surface area contributed by atoms with Gasteiger partial charge in [-0.15, -0.1) is 0 Å². The molecule has 0 atom stereocenters. The molecule has 1 aromatic heterocycles. The molecule has 0 aliphatic rings. The van der Waals surface area contributed by atoms with Gasteiger partial charge in [0.15, 0.2) is 5.78 Å². The van der Waals surface area contributed by atoms with Crippen LogP contribution in [0.3, 0.4) is 0 Å². The minimum absolute atomic E-state index is 0.127. The van der Waals surface area contributed by atoms with Crippen LogP contribution in [0.2, 0.25) is 5.15 Å². The molecule has 1 heterocycles. The molecule has 0 aliphatic carbocycles. The Bertz CT molecular complexity index is 667. The molecular formula is C14H14ClFN2O2. The third-order valence-electron chi connectivity index (χ3n) is 2.96. The number of nitrogens with zero attached hydrogens (tertiary/aromatic N) is 2. The first-order valence-corrected chi connectivity index (χ1v) is 6.39. The summed E-state index contributed by atoms with van der Waals surface area (Å²) < 4.78 is 20.3. The highest BCUT2D eigenvalue weighted by atomic mass is 35.5. The Morgan fingerprint density at radius 1 is 1.50 bits per heavy atom. The number of rotatable bonds is 4. The van der Waals surface area contributed by atoms with Crippen molar-refractivity contribution in [2.45, 2.75) is 20.5 Å². The topological polar surface area (TPSA) is 44.1 Å². The molecule has 1 aromatic carbocycles. The second-order valence-corrected chi connectivity index (χ2v) is 4.82. The van der Waals surface area contributed by atoms with Crippen LogP contribution in [0.25, 0.3) is 0 Å². The van der Waals surface area contributed by atoms with E-state index in [0.717, 1.165) is 5.69 Å². The fraction of sp³-hybridized carbons (Fsp3) is 0.286. The van der Waals surface area contributed by atoms with Crippen molar-refractivity contribution in [2.75, 3.05) is 0 Å². The number of carbonyl (C=O) groups is 1. The Hall–Kier alpha value is -1.88. The normalized spacial score (nSPS) is 10.7. The number of hydrogen-bond donors (Lipinski definition) is 0. The summed E-state index contributed by atoms with van der Waals surface area (Å²) in [4.78, 5) is 11.5. The number of benzene rings is 1. The highest BCUT2D eigenvalue weighted by Crippen LogP contribution is 2.24. The molecule has 0 saturated heterocycles. The van der Waals surface area contributed by atoms with Gasteiger partial charge in [-0.25, -0.2) is 4.39 Å². The summed E-state index contributed by atoms with van der Waals surface area (Å²) in [5, 5.41) is 4.62. The van der Waals surface area contributed by atoms with E-state index in [2.05, 4.69) is 5.10 Å². The van der Waals surface area contributed by atoms with E-state index < -0.39 is 5.82 Å². The lowest BCUT2D eigenvalue weighted by atomic mass is 10.1. The summed E-state index contributed by atoms with van der Waals surface area (Å²) >= 11 is 6.09. The van der Waals surface area contributed by atoms with Crippen molar-refractivity contribution < 1.29 is 13.9 Å². The molecule has 20 heavy (non-hydrogen) atoms. The van der Waals surface area contributed by atoms with Crippen LogP contribution in [0, 0.1) is 12.7 Å². The predicted molar refractivity (Wildman–Crippen MR) is 73.7 cm³/mol. The molecule has 0 unspecified atom stereocenters. The van der Waals surface area contributed by atoms with Crippen LogP contribution < -0.4 is 4.74 Å². The zero-order valence-corrected chi connectivity index (χ0v) is 12.2. The summed E-state index contributed by atoms with van der Waals surface area (Å²) in [6.45, 7) is 3.34. The molecule has 0 amide bonds. The van der Waals surface area contributed by atoms with Crippen LogP contribution in [0.5, 0.6) is 5.75 Å². The summed E-state index contributed by atoms with van der Waals surface area (Å²) in [7, 11) is 1.72. The third-order valence-corrected chi connectivity index (χ3v) is 3.44. The van der Waals surface area contributed by atoms with Crippen molar-refractivity contribution >= 4 is 17.4 Å². The van der Waals surface area contributed by atoms with Crippen molar-refractivity contribution in [1.82, 2.24) is 9.78 Å². The predicted octanol–water partition coefficient (Wildman–Crippen LogP) is 3.30. The van der Waals surface area contributed by atoms with Crippen molar-refractivity contribution in [2.24, 2.45) is 7.05 Å². The summed E-state index contributed by atoms with van der Waals surface area (Å²) in [6.07, 6.45) is 0. The van der Waals surface area contributed by atoms with E-state index in [-0.39, 0.29) is 18.1 Å². The molecule has 6 heteroatoms. The zero-order valence-electron chi connectivity index (χ0n) is 11.4. The lowest BCUT2D eigenvalue weighted by molar-refractivity contribution is 0.101. The molecule has 0 bridgehead atoms. The van der Waals surface area contributed by atoms with Crippen molar-refractivity contribution in [3.05, 3.63) is 46.0 Å². The van der Waals surface area contributed by atoms with Crippen LogP contribution in [-0.2, 0) is 13.7 Å². The van der Waals surface area contributed by atoms with Crippen LogP contribution in [0.4, 0.5) is 4.39 Å². The lowest BCUT2D eigenvalue weighted by Gasteiger charge is -2.10. The summed E-state index contributed by atoms with van der Waals surface area (Å²) in [6, 6.07) is 3.83. The van der Waals surface area contributed by atoms with Crippen LogP contribution in [0.1, 0.15) is 28.5 Å². The average molecular weight is 297 g/mol. The molecule has 0 saturated carbocycles. The molecule has 0 spiro atoms. The van der Waals surface area contributed by atoms with Crippen molar-refractivity contribution in [1.29, 1.82) is 0 Å². The number of aryl methyl sites for hydroxylation is 2. The number of hydrogen-bond acceptors (Lipinski definition) is 3. The van der Waals surface area contributed by atoms with Crippen LogP contribution in [-0.4, -0.2) is 15.6 Å². The van der Waals surface area contributed by atoms with E-state index >= 15 is 0 Å². The number of ether oxygens (including phenoxy) is 1. The maximum atomic E-state index is 13.3. The fourth-order valence-corrected chi connectivity index (χ4v) is 2.12. The Morgan fingerprint density at radius 3 is 2.75 bits per heavy atom. The Balaban J connectivity index is 2.27. The Labute approximate surface area is 121 Å². The number of halogens is 2. The molecule has 2 rings (SSSR count). The first kappa shape index (κ1) is 14.5. The van der Waals surface area contributed by atoms with Crippen LogP contribution in [0.15, 0.2) is 18.2 Å². The van der Waals surface area contributed by atoms with Crippen LogP contribution >= 0.6 is 11.6 Å². The van der Waals surface area contributed by atoms with Gasteiger partial charge in [0.2, 0.25) is 0 Å². The number of Topliss-reactive ketones (excluding diaryl/α,β-unsaturated/α-hetero) is 1. The van der Waals surface area contributed by atoms with Gasteiger partial charge in [-0.1, -0.05) is 11.6 Å². The van der Waals surface area contributed by atoms with Gasteiger partial charge < -0.3 is 4.74 Å². The number of aromatic nitrogens is 2. The summed E-state index contributed by atoms with van der Waals surface area (Å²) in [5.41, 5.74) is 1.79. The number of carbonyl (C=O) groups excluding carboxylic acids is 1. The van der Waals surface area contributed by atoms with E-state index in [4.69, 9.17) is 16.3 Å².